The largest absolute Gasteiger partial charge is 0.394 e. The summed E-state index contributed by atoms with van der Waals surface area (Å²) in [5.74, 6) is -0.657. The van der Waals surface area contributed by atoms with Crippen molar-refractivity contribution in [2.24, 2.45) is 0 Å². The molecule has 0 saturated carbocycles. The molecular formula is C7H14O5. The van der Waals surface area contributed by atoms with Crippen molar-refractivity contribution in [3.63, 3.8) is 0 Å². The summed E-state index contributed by atoms with van der Waals surface area (Å²) in [6, 6.07) is 0. The third kappa shape index (κ3) is 7.46. The van der Waals surface area contributed by atoms with Crippen LogP contribution in [0.3, 0.4) is 0 Å². The monoisotopic (exact) mass is 178 g/mol. The van der Waals surface area contributed by atoms with Crippen molar-refractivity contribution in [1.29, 1.82) is 0 Å². The lowest BCUT2D eigenvalue weighted by Gasteiger charge is -2.14. The summed E-state index contributed by atoms with van der Waals surface area (Å²) in [6.45, 7) is 2.70. The highest BCUT2D eigenvalue weighted by Crippen LogP contribution is 2.07. The molecule has 0 amide bonds. The molecule has 0 spiro atoms. The Kier molecular flexibility index (Phi) is 4.80. The molecule has 0 fully saturated rings. The van der Waals surface area contributed by atoms with Crippen LogP contribution in [-0.2, 0) is 14.6 Å². The molecule has 0 saturated heterocycles. The maximum absolute atomic E-state index is 10.7. The Morgan fingerprint density at radius 1 is 1.50 bits per heavy atom. The Labute approximate surface area is 70.8 Å². The van der Waals surface area contributed by atoms with Crippen LogP contribution in [0.1, 0.15) is 20.3 Å². The summed E-state index contributed by atoms with van der Waals surface area (Å²) in [4.78, 5) is 19.2. The number of hydrogen-bond acceptors (Lipinski definition) is 5. The molecule has 0 unspecified atom stereocenters. The summed E-state index contributed by atoms with van der Waals surface area (Å²) < 4.78 is 0. The van der Waals surface area contributed by atoms with Gasteiger partial charge < -0.3 is 10.2 Å². The standard InChI is InChI=1S/C7H14O5/c1-7(2,10)5-6(9)12-11-4-3-8/h8,10H,3-5H2,1-2H3. The quantitative estimate of drug-likeness (QED) is 0.341. The van der Waals surface area contributed by atoms with Gasteiger partial charge in [0, 0.05) is 0 Å². The maximum Gasteiger partial charge on any atom is 0.345 e. The van der Waals surface area contributed by atoms with Crippen molar-refractivity contribution >= 4 is 5.97 Å². The minimum atomic E-state index is -1.10. The number of carbonyl (C=O) groups excluding carboxylic acids is 1. The lowest BCUT2D eigenvalue weighted by Crippen LogP contribution is -2.24. The van der Waals surface area contributed by atoms with E-state index < -0.39 is 11.6 Å². The fourth-order valence-electron chi connectivity index (χ4n) is 0.527. The van der Waals surface area contributed by atoms with Gasteiger partial charge in [-0.15, -0.1) is 0 Å². The van der Waals surface area contributed by atoms with Gasteiger partial charge in [0.25, 0.3) is 0 Å². The molecule has 0 atom stereocenters. The fourth-order valence-corrected chi connectivity index (χ4v) is 0.527. The van der Waals surface area contributed by atoms with Crippen LogP contribution in [0.15, 0.2) is 0 Å². The molecule has 5 nitrogen and oxygen atoms in total. The van der Waals surface area contributed by atoms with Crippen LogP contribution in [0.5, 0.6) is 0 Å². The first-order valence-corrected chi connectivity index (χ1v) is 3.61. The van der Waals surface area contributed by atoms with Gasteiger partial charge in [-0.3, -0.25) is 4.89 Å². The Morgan fingerprint density at radius 3 is 2.50 bits per heavy atom. The van der Waals surface area contributed by atoms with Crippen molar-refractivity contribution in [2.45, 2.75) is 25.9 Å². The van der Waals surface area contributed by atoms with Crippen LogP contribution in [0.25, 0.3) is 0 Å². The van der Waals surface area contributed by atoms with Crippen molar-refractivity contribution < 1.29 is 24.8 Å². The predicted octanol–water partition coefficient (Wildman–Crippen LogP) is -0.385. The van der Waals surface area contributed by atoms with Crippen LogP contribution in [0.4, 0.5) is 0 Å². The summed E-state index contributed by atoms with van der Waals surface area (Å²) in [5.41, 5.74) is -1.10. The molecule has 5 heteroatoms. The van der Waals surface area contributed by atoms with Crippen molar-refractivity contribution in [3.05, 3.63) is 0 Å². The smallest absolute Gasteiger partial charge is 0.345 e. The second-order valence-electron chi connectivity index (χ2n) is 2.99. The second-order valence-corrected chi connectivity index (χ2v) is 2.99. The molecule has 0 radical (unpaired) electrons. The van der Waals surface area contributed by atoms with E-state index in [-0.39, 0.29) is 19.6 Å². The lowest BCUT2D eigenvalue weighted by atomic mass is 10.1. The molecule has 0 aromatic carbocycles. The van der Waals surface area contributed by atoms with E-state index in [1.807, 2.05) is 0 Å². The predicted molar refractivity (Wildman–Crippen MR) is 40.0 cm³/mol. The fraction of sp³-hybridized carbons (Fsp3) is 0.857. The summed E-state index contributed by atoms with van der Waals surface area (Å²) in [6.07, 6.45) is -0.140. The van der Waals surface area contributed by atoms with Crippen LogP contribution < -0.4 is 0 Å². The van der Waals surface area contributed by atoms with Gasteiger partial charge in [-0.05, 0) is 13.8 Å². The average Bonchev–Trinajstić information content (AvgIpc) is 1.84. The lowest BCUT2D eigenvalue weighted by molar-refractivity contribution is -0.277. The minimum absolute atomic E-state index is 0.0579. The molecule has 0 aromatic heterocycles. The number of hydrogen-bond donors (Lipinski definition) is 2. The van der Waals surface area contributed by atoms with E-state index in [9.17, 15) is 4.79 Å². The summed E-state index contributed by atoms with van der Waals surface area (Å²) >= 11 is 0. The normalized spacial score (nSPS) is 11.3. The van der Waals surface area contributed by atoms with E-state index >= 15 is 0 Å². The van der Waals surface area contributed by atoms with E-state index in [0.29, 0.717) is 0 Å². The zero-order valence-corrected chi connectivity index (χ0v) is 7.24. The molecule has 0 aliphatic heterocycles. The third-order valence-electron chi connectivity index (χ3n) is 0.903. The highest BCUT2D eigenvalue weighted by Gasteiger charge is 2.19. The van der Waals surface area contributed by atoms with Gasteiger partial charge >= 0.3 is 5.97 Å². The number of aliphatic hydroxyl groups excluding tert-OH is 1. The van der Waals surface area contributed by atoms with Crippen molar-refractivity contribution in [2.75, 3.05) is 13.2 Å². The van der Waals surface area contributed by atoms with E-state index in [1.54, 1.807) is 0 Å². The molecule has 0 aliphatic rings. The van der Waals surface area contributed by atoms with Gasteiger partial charge in [-0.1, -0.05) is 0 Å². The number of rotatable bonds is 5. The second kappa shape index (κ2) is 5.08. The molecule has 2 N–H and O–H groups in total. The van der Waals surface area contributed by atoms with Gasteiger partial charge in [0.1, 0.15) is 6.61 Å². The van der Waals surface area contributed by atoms with Gasteiger partial charge in [0.15, 0.2) is 0 Å². The molecule has 12 heavy (non-hydrogen) atoms. The molecule has 0 aliphatic carbocycles. The average molecular weight is 178 g/mol. The number of carbonyl (C=O) groups is 1. The van der Waals surface area contributed by atoms with Crippen LogP contribution in [0.2, 0.25) is 0 Å². The van der Waals surface area contributed by atoms with Crippen LogP contribution in [-0.4, -0.2) is 35.0 Å². The molecule has 72 valence electrons. The Bertz CT molecular complexity index is 137. The molecule has 0 heterocycles. The Morgan fingerprint density at radius 2 is 2.08 bits per heavy atom. The zero-order valence-electron chi connectivity index (χ0n) is 7.24. The van der Waals surface area contributed by atoms with Crippen molar-refractivity contribution in [1.82, 2.24) is 0 Å². The molecule has 0 rings (SSSR count). The first-order chi connectivity index (χ1) is 5.45. The SMILES string of the molecule is CC(C)(O)CC(=O)OOCCO. The molecule has 0 bridgehead atoms. The van der Waals surface area contributed by atoms with E-state index in [1.165, 1.54) is 13.8 Å². The van der Waals surface area contributed by atoms with Crippen LogP contribution in [0, 0.1) is 0 Å². The van der Waals surface area contributed by atoms with E-state index in [2.05, 4.69) is 9.78 Å². The number of aliphatic hydroxyl groups is 2. The molecule has 0 aromatic rings. The van der Waals surface area contributed by atoms with Gasteiger partial charge in [0.05, 0.1) is 18.6 Å². The van der Waals surface area contributed by atoms with Crippen molar-refractivity contribution in [3.8, 4) is 0 Å². The first kappa shape index (κ1) is 11.4. The van der Waals surface area contributed by atoms with Crippen LogP contribution >= 0.6 is 0 Å². The topological polar surface area (TPSA) is 76.0 Å². The third-order valence-corrected chi connectivity index (χ3v) is 0.903. The Hall–Kier alpha value is -0.650. The summed E-state index contributed by atoms with van der Waals surface area (Å²) in [7, 11) is 0. The van der Waals surface area contributed by atoms with Gasteiger partial charge in [0.2, 0.25) is 0 Å². The van der Waals surface area contributed by atoms with E-state index in [0.717, 1.165) is 0 Å². The highest BCUT2D eigenvalue weighted by molar-refractivity contribution is 5.69. The molecular weight excluding hydrogens is 164 g/mol. The summed E-state index contributed by atoms with van der Waals surface area (Å²) in [5, 5.41) is 17.4. The highest BCUT2D eigenvalue weighted by atomic mass is 17.2. The zero-order chi connectivity index (χ0) is 9.61. The van der Waals surface area contributed by atoms with Gasteiger partial charge in [-0.25, -0.2) is 4.79 Å². The minimum Gasteiger partial charge on any atom is -0.394 e. The van der Waals surface area contributed by atoms with Gasteiger partial charge in [-0.2, -0.15) is 4.89 Å². The Balaban J connectivity index is 3.47. The maximum atomic E-state index is 10.7. The van der Waals surface area contributed by atoms with E-state index in [4.69, 9.17) is 10.2 Å². The first-order valence-electron chi connectivity index (χ1n) is 3.61.